The standard InChI is InChI=1S/C24H33N3OS/c1-3-4-5-6-7-8-9-12-17-27-21-15-11-10-14-20(21)26-23(27)19(2)25-24(28)22-16-13-18-29-22/h10-11,13-16,18-19H,3-9,12,17H2,1-2H3,(H,25,28). The van der Waals surface area contributed by atoms with Gasteiger partial charge in [0.05, 0.1) is 22.0 Å². The molecule has 0 spiro atoms. The predicted molar refractivity (Wildman–Crippen MR) is 123 cm³/mol. The lowest BCUT2D eigenvalue weighted by atomic mass is 10.1. The Hall–Kier alpha value is -2.14. The van der Waals surface area contributed by atoms with Crippen molar-refractivity contribution in [3.8, 4) is 0 Å². The van der Waals surface area contributed by atoms with Gasteiger partial charge in [-0.2, -0.15) is 0 Å². The zero-order valence-corrected chi connectivity index (χ0v) is 18.5. The topological polar surface area (TPSA) is 46.9 Å². The predicted octanol–water partition coefficient (Wildman–Crippen LogP) is 6.73. The van der Waals surface area contributed by atoms with Crippen molar-refractivity contribution in [2.45, 2.75) is 77.8 Å². The molecule has 2 aromatic heterocycles. The van der Waals surface area contributed by atoms with Crippen LogP contribution in [0.2, 0.25) is 0 Å². The molecule has 1 amide bonds. The number of hydrogen-bond donors (Lipinski definition) is 1. The Morgan fingerprint density at radius 3 is 2.48 bits per heavy atom. The summed E-state index contributed by atoms with van der Waals surface area (Å²) in [5.74, 6) is 0.914. The molecule has 156 valence electrons. The molecule has 0 aliphatic rings. The van der Waals surface area contributed by atoms with Crippen molar-refractivity contribution >= 4 is 28.3 Å². The quantitative estimate of drug-likeness (QED) is 0.336. The summed E-state index contributed by atoms with van der Waals surface area (Å²) in [5, 5.41) is 5.05. The van der Waals surface area contributed by atoms with Crippen LogP contribution in [0.1, 0.15) is 86.8 Å². The molecule has 29 heavy (non-hydrogen) atoms. The summed E-state index contributed by atoms with van der Waals surface area (Å²) in [6.07, 6.45) is 10.4. The van der Waals surface area contributed by atoms with Gasteiger partial charge in [0.2, 0.25) is 0 Å². The van der Waals surface area contributed by atoms with Crippen molar-refractivity contribution < 1.29 is 4.79 Å². The minimum atomic E-state index is -0.133. The highest BCUT2D eigenvalue weighted by Gasteiger charge is 2.19. The van der Waals surface area contributed by atoms with Crippen LogP contribution < -0.4 is 5.32 Å². The number of fused-ring (bicyclic) bond motifs is 1. The van der Waals surface area contributed by atoms with Gasteiger partial charge in [-0.1, -0.05) is 70.1 Å². The van der Waals surface area contributed by atoms with E-state index in [0.717, 1.165) is 34.7 Å². The molecule has 1 aromatic carbocycles. The second-order valence-electron chi connectivity index (χ2n) is 7.76. The lowest BCUT2D eigenvalue weighted by Gasteiger charge is -2.16. The second kappa shape index (κ2) is 11.1. The number of benzene rings is 1. The molecule has 1 atom stereocenters. The van der Waals surface area contributed by atoms with Gasteiger partial charge in [0, 0.05) is 6.54 Å². The van der Waals surface area contributed by atoms with Crippen LogP contribution >= 0.6 is 11.3 Å². The first-order valence-electron chi connectivity index (χ1n) is 11.0. The van der Waals surface area contributed by atoms with Gasteiger partial charge in [0.15, 0.2) is 0 Å². The highest BCUT2D eigenvalue weighted by molar-refractivity contribution is 7.12. The third-order valence-corrected chi connectivity index (χ3v) is 6.27. The molecule has 3 aromatic rings. The molecule has 0 radical (unpaired) electrons. The minimum Gasteiger partial charge on any atom is -0.342 e. The highest BCUT2D eigenvalue weighted by Crippen LogP contribution is 2.23. The summed E-state index contributed by atoms with van der Waals surface area (Å²) in [6.45, 7) is 5.23. The van der Waals surface area contributed by atoms with Crippen LogP contribution in [-0.2, 0) is 6.54 Å². The maximum Gasteiger partial charge on any atom is 0.261 e. The van der Waals surface area contributed by atoms with Gasteiger partial charge in [-0.05, 0) is 36.9 Å². The van der Waals surface area contributed by atoms with Gasteiger partial charge >= 0.3 is 0 Å². The summed E-state index contributed by atoms with van der Waals surface area (Å²) >= 11 is 1.46. The Bertz CT molecular complexity index is 885. The summed E-state index contributed by atoms with van der Waals surface area (Å²) in [7, 11) is 0. The van der Waals surface area contributed by atoms with Crippen LogP contribution in [0.25, 0.3) is 11.0 Å². The molecule has 0 bridgehead atoms. The number of rotatable bonds is 12. The number of para-hydroxylation sites is 2. The first-order valence-corrected chi connectivity index (χ1v) is 11.9. The fourth-order valence-electron chi connectivity index (χ4n) is 3.80. The Morgan fingerprint density at radius 2 is 1.76 bits per heavy atom. The van der Waals surface area contributed by atoms with Gasteiger partial charge in [-0.25, -0.2) is 4.98 Å². The molecule has 0 aliphatic heterocycles. The van der Waals surface area contributed by atoms with E-state index < -0.39 is 0 Å². The lowest BCUT2D eigenvalue weighted by Crippen LogP contribution is -2.28. The Labute approximate surface area is 178 Å². The molecule has 2 heterocycles. The Morgan fingerprint density at radius 1 is 1.03 bits per heavy atom. The second-order valence-corrected chi connectivity index (χ2v) is 8.71. The summed E-state index contributed by atoms with van der Waals surface area (Å²) in [5.41, 5.74) is 2.15. The molecule has 0 saturated carbocycles. The molecular formula is C24H33N3OS. The van der Waals surface area contributed by atoms with Gasteiger partial charge in [-0.15, -0.1) is 11.3 Å². The van der Waals surface area contributed by atoms with Crippen LogP contribution in [0.5, 0.6) is 0 Å². The average molecular weight is 412 g/mol. The first kappa shape index (κ1) is 21.6. The maximum absolute atomic E-state index is 12.5. The number of imidazole rings is 1. The molecule has 1 N–H and O–H groups in total. The number of unbranched alkanes of at least 4 members (excludes halogenated alkanes) is 7. The number of nitrogens with zero attached hydrogens (tertiary/aromatic N) is 2. The van der Waals surface area contributed by atoms with E-state index in [1.165, 1.54) is 56.3 Å². The van der Waals surface area contributed by atoms with Crippen molar-refractivity contribution in [1.82, 2.24) is 14.9 Å². The first-order chi connectivity index (χ1) is 14.2. The number of carbonyl (C=O) groups is 1. The van der Waals surface area contributed by atoms with Gasteiger partial charge in [-0.3, -0.25) is 4.79 Å². The Balaban J connectivity index is 1.62. The highest BCUT2D eigenvalue weighted by atomic mass is 32.1. The normalized spacial score (nSPS) is 12.3. The number of carbonyl (C=O) groups excluding carboxylic acids is 1. The number of amides is 1. The zero-order valence-electron chi connectivity index (χ0n) is 17.7. The average Bonchev–Trinajstić information content (AvgIpc) is 3.38. The number of hydrogen-bond acceptors (Lipinski definition) is 3. The maximum atomic E-state index is 12.5. The minimum absolute atomic E-state index is 0.0295. The van der Waals surface area contributed by atoms with Gasteiger partial charge in [0.1, 0.15) is 5.82 Å². The molecular weight excluding hydrogens is 378 g/mol. The SMILES string of the molecule is CCCCCCCCCCn1c(C(C)NC(=O)c2cccs2)nc2ccccc21. The van der Waals surface area contributed by atoms with Gasteiger partial charge in [0.25, 0.3) is 5.91 Å². The van der Waals surface area contributed by atoms with E-state index in [0.29, 0.717) is 0 Å². The van der Waals surface area contributed by atoms with Crippen LogP contribution in [0.15, 0.2) is 41.8 Å². The van der Waals surface area contributed by atoms with E-state index in [1.54, 1.807) is 0 Å². The van der Waals surface area contributed by atoms with Gasteiger partial charge < -0.3 is 9.88 Å². The molecule has 3 rings (SSSR count). The molecule has 5 heteroatoms. The van der Waals surface area contributed by atoms with Crippen molar-refractivity contribution in [2.75, 3.05) is 0 Å². The van der Waals surface area contributed by atoms with E-state index >= 15 is 0 Å². The summed E-state index contributed by atoms with van der Waals surface area (Å²) in [6, 6.07) is 11.9. The zero-order chi connectivity index (χ0) is 20.5. The van der Waals surface area contributed by atoms with Crippen LogP contribution in [0.3, 0.4) is 0 Å². The van der Waals surface area contributed by atoms with Crippen molar-refractivity contribution in [3.05, 3.63) is 52.5 Å². The molecule has 4 nitrogen and oxygen atoms in total. The summed E-state index contributed by atoms with van der Waals surface area (Å²) in [4.78, 5) is 18.1. The van der Waals surface area contributed by atoms with Crippen LogP contribution in [0, 0.1) is 0 Å². The number of thiophene rings is 1. The molecule has 1 unspecified atom stereocenters. The smallest absolute Gasteiger partial charge is 0.261 e. The lowest BCUT2D eigenvalue weighted by molar-refractivity contribution is 0.0941. The largest absolute Gasteiger partial charge is 0.342 e. The van der Waals surface area contributed by atoms with Crippen molar-refractivity contribution in [1.29, 1.82) is 0 Å². The van der Waals surface area contributed by atoms with E-state index in [1.807, 2.05) is 30.5 Å². The third-order valence-electron chi connectivity index (χ3n) is 5.40. The van der Waals surface area contributed by atoms with Crippen molar-refractivity contribution in [2.24, 2.45) is 0 Å². The van der Waals surface area contributed by atoms with E-state index in [-0.39, 0.29) is 11.9 Å². The van der Waals surface area contributed by atoms with Crippen molar-refractivity contribution in [3.63, 3.8) is 0 Å². The fraction of sp³-hybridized carbons (Fsp3) is 0.500. The fourth-order valence-corrected chi connectivity index (χ4v) is 4.43. The monoisotopic (exact) mass is 411 g/mol. The number of nitrogens with one attached hydrogen (secondary N) is 1. The van der Waals surface area contributed by atoms with Crippen LogP contribution in [-0.4, -0.2) is 15.5 Å². The molecule has 0 aliphatic carbocycles. The summed E-state index contributed by atoms with van der Waals surface area (Å²) < 4.78 is 2.30. The third kappa shape index (κ3) is 5.92. The number of aryl methyl sites for hydroxylation is 1. The number of aromatic nitrogens is 2. The van der Waals surface area contributed by atoms with E-state index in [2.05, 4.69) is 35.0 Å². The Kier molecular flexibility index (Phi) is 8.29. The molecule has 0 saturated heterocycles. The van der Waals surface area contributed by atoms with E-state index in [9.17, 15) is 4.79 Å². The van der Waals surface area contributed by atoms with E-state index in [4.69, 9.17) is 4.98 Å². The molecule has 0 fully saturated rings. The van der Waals surface area contributed by atoms with Crippen LogP contribution in [0.4, 0.5) is 0 Å².